The molecule has 108 valence electrons. The van der Waals surface area contributed by atoms with Gasteiger partial charge in [-0.15, -0.1) is 0 Å². The second-order valence-electron chi connectivity index (χ2n) is 5.26. The highest BCUT2D eigenvalue weighted by Gasteiger charge is 2.24. The van der Waals surface area contributed by atoms with Crippen LogP contribution < -0.4 is 5.32 Å². The van der Waals surface area contributed by atoms with Gasteiger partial charge in [-0.1, -0.05) is 30.3 Å². The molecule has 0 fully saturated rings. The quantitative estimate of drug-likeness (QED) is 0.733. The van der Waals surface area contributed by atoms with Crippen LogP contribution in [0.25, 0.3) is 22.7 Å². The van der Waals surface area contributed by atoms with Gasteiger partial charge in [0, 0.05) is 17.8 Å². The Labute approximate surface area is 128 Å². The van der Waals surface area contributed by atoms with E-state index in [9.17, 15) is 4.79 Å². The summed E-state index contributed by atoms with van der Waals surface area (Å²) >= 11 is 0. The van der Waals surface area contributed by atoms with Crippen molar-refractivity contribution in [3.8, 4) is 0 Å². The standard InChI is InChI=1S/C18H15N3O/c1-2-21-16-10-6-5-9-15(16)19-17(21)11-13-12-7-3-4-8-14(12)20-18(13)22/h3-11H,2H2,1H3,(H,20,22)/b13-11+. The molecule has 1 aliphatic heterocycles. The number of fused-ring (bicyclic) bond motifs is 2. The van der Waals surface area contributed by atoms with Crippen molar-refractivity contribution in [2.24, 2.45) is 0 Å². The van der Waals surface area contributed by atoms with Crippen LogP contribution in [0.15, 0.2) is 48.5 Å². The van der Waals surface area contributed by atoms with Gasteiger partial charge >= 0.3 is 0 Å². The number of nitrogens with zero attached hydrogens (tertiary/aromatic N) is 2. The fourth-order valence-corrected chi connectivity index (χ4v) is 2.95. The van der Waals surface area contributed by atoms with Crippen LogP contribution >= 0.6 is 0 Å². The van der Waals surface area contributed by atoms with E-state index in [2.05, 4.69) is 27.9 Å². The topological polar surface area (TPSA) is 46.9 Å². The van der Waals surface area contributed by atoms with E-state index < -0.39 is 0 Å². The summed E-state index contributed by atoms with van der Waals surface area (Å²) in [7, 11) is 0. The molecule has 0 spiro atoms. The zero-order valence-corrected chi connectivity index (χ0v) is 12.2. The van der Waals surface area contributed by atoms with E-state index in [1.54, 1.807) is 0 Å². The minimum Gasteiger partial charge on any atom is -0.325 e. The summed E-state index contributed by atoms with van der Waals surface area (Å²) < 4.78 is 2.12. The second kappa shape index (κ2) is 4.84. The van der Waals surface area contributed by atoms with Crippen LogP contribution in [0.4, 0.5) is 5.69 Å². The molecule has 1 N–H and O–H groups in total. The molecule has 2 aromatic carbocycles. The SMILES string of the molecule is CCn1c(/C=C2/C(=O)Nc3ccccc32)nc2ccccc21. The van der Waals surface area contributed by atoms with Crippen molar-refractivity contribution in [3.05, 3.63) is 59.9 Å². The lowest BCUT2D eigenvalue weighted by Gasteiger charge is -2.03. The zero-order chi connectivity index (χ0) is 15.1. The first-order chi connectivity index (χ1) is 10.8. The average Bonchev–Trinajstić information content (AvgIpc) is 3.05. The number of aryl methyl sites for hydroxylation is 1. The third kappa shape index (κ3) is 1.84. The van der Waals surface area contributed by atoms with Crippen molar-refractivity contribution in [2.45, 2.75) is 13.5 Å². The van der Waals surface area contributed by atoms with Crippen LogP contribution in [0, 0.1) is 0 Å². The van der Waals surface area contributed by atoms with Gasteiger partial charge in [0.1, 0.15) is 5.82 Å². The summed E-state index contributed by atoms with van der Waals surface area (Å²) in [4.78, 5) is 16.9. The highest BCUT2D eigenvalue weighted by Crippen LogP contribution is 2.33. The molecule has 4 heteroatoms. The molecule has 0 unspecified atom stereocenters. The fourth-order valence-electron chi connectivity index (χ4n) is 2.95. The molecule has 3 aromatic rings. The van der Waals surface area contributed by atoms with Crippen LogP contribution in [0.1, 0.15) is 18.3 Å². The van der Waals surface area contributed by atoms with Gasteiger partial charge in [-0.2, -0.15) is 0 Å². The zero-order valence-electron chi connectivity index (χ0n) is 12.2. The largest absolute Gasteiger partial charge is 0.325 e. The summed E-state index contributed by atoms with van der Waals surface area (Å²) in [5.74, 6) is 0.737. The summed E-state index contributed by atoms with van der Waals surface area (Å²) in [6, 6.07) is 15.8. The first kappa shape index (κ1) is 12.8. The van der Waals surface area contributed by atoms with E-state index in [-0.39, 0.29) is 5.91 Å². The molecular formula is C18H15N3O. The Morgan fingerprint density at radius 2 is 1.91 bits per heavy atom. The summed E-state index contributed by atoms with van der Waals surface area (Å²) in [6.45, 7) is 2.89. The second-order valence-corrected chi connectivity index (χ2v) is 5.26. The number of nitrogens with one attached hydrogen (secondary N) is 1. The first-order valence-electron chi connectivity index (χ1n) is 7.35. The smallest absolute Gasteiger partial charge is 0.256 e. The highest BCUT2D eigenvalue weighted by atomic mass is 16.2. The van der Waals surface area contributed by atoms with Gasteiger partial charge in [0.15, 0.2) is 0 Å². The Morgan fingerprint density at radius 1 is 1.14 bits per heavy atom. The molecule has 1 aliphatic rings. The molecule has 1 amide bonds. The van der Waals surface area contributed by atoms with E-state index in [1.165, 1.54) is 0 Å². The van der Waals surface area contributed by atoms with E-state index in [4.69, 9.17) is 0 Å². The number of imidazole rings is 1. The van der Waals surface area contributed by atoms with Crippen LogP contribution in [0.2, 0.25) is 0 Å². The summed E-state index contributed by atoms with van der Waals surface area (Å²) in [5, 5.41) is 2.89. The maximum absolute atomic E-state index is 12.2. The number of para-hydroxylation sites is 3. The molecule has 22 heavy (non-hydrogen) atoms. The number of carbonyl (C=O) groups is 1. The Balaban J connectivity index is 1.92. The minimum absolute atomic E-state index is 0.0732. The molecule has 2 heterocycles. The van der Waals surface area contributed by atoms with Crippen molar-refractivity contribution >= 4 is 34.3 Å². The monoisotopic (exact) mass is 289 g/mol. The number of hydrogen-bond donors (Lipinski definition) is 1. The van der Waals surface area contributed by atoms with Crippen molar-refractivity contribution in [1.82, 2.24) is 9.55 Å². The third-order valence-corrected chi connectivity index (χ3v) is 3.98. The molecule has 4 nitrogen and oxygen atoms in total. The van der Waals surface area contributed by atoms with Crippen molar-refractivity contribution in [1.29, 1.82) is 0 Å². The van der Waals surface area contributed by atoms with Crippen LogP contribution in [0.3, 0.4) is 0 Å². The molecule has 0 saturated carbocycles. The van der Waals surface area contributed by atoms with Crippen molar-refractivity contribution in [2.75, 3.05) is 5.32 Å². The third-order valence-electron chi connectivity index (χ3n) is 3.98. The predicted molar refractivity (Wildman–Crippen MR) is 88.3 cm³/mol. The average molecular weight is 289 g/mol. The predicted octanol–water partition coefficient (Wildman–Crippen LogP) is 3.55. The van der Waals surface area contributed by atoms with E-state index in [0.717, 1.165) is 34.7 Å². The Kier molecular flexibility index (Phi) is 2.82. The number of hydrogen-bond acceptors (Lipinski definition) is 2. The van der Waals surface area contributed by atoms with Crippen molar-refractivity contribution < 1.29 is 4.79 Å². The normalized spacial score (nSPS) is 15.3. The van der Waals surface area contributed by atoms with Gasteiger partial charge < -0.3 is 9.88 Å². The lowest BCUT2D eigenvalue weighted by Crippen LogP contribution is -2.04. The minimum atomic E-state index is -0.0732. The Bertz CT molecular complexity index is 921. The molecule has 0 atom stereocenters. The van der Waals surface area contributed by atoms with Crippen LogP contribution in [0.5, 0.6) is 0 Å². The highest BCUT2D eigenvalue weighted by molar-refractivity contribution is 6.34. The van der Waals surface area contributed by atoms with Gasteiger partial charge in [0.05, 0.1) is 16.6 Å². The van der Waals surface area contributed by atoms with Crippen molar-refractivity contribution in [3.63, 3.8) is 0 Å². The Morgan fingerprint density at radius 3 is 2.77 bits per heavy atom. The van der Waals surface area contributed by atoms with E-state index in [1.807, 2.05) is 48.5 Å². The van der Waals surface area contributed by atoms with Gasteiger partial charge in [-0.05, 0) is 31.2 Å². The maximum atomic E-state index is 12.2. The number of aromatic nitrogens is 2. The number of benzene rings is 2. The maximum Gasteiger partial charge on any atom is 0.256 e. The summed E-state index contributed by atoms with van der Waals surface area (Å²) in [5.41, 5.74) is 4.49. The van der Waals surface area contributed by atoms with Gasteiger partial charge in [0.2, 0.25) is 0 Å². The molecular weight excluding hydrogens is 274 g/mol. The fraction of sp³-hybridized carbons (Fsp3) is 0.111. The number of carbonyl (C=O) groups excluding carboxylic acids is 1. The number of amides is 1. The van der Waals surface area contributed by atoms with Gasteiger partial charge in [-0.3, -0.25) is 4.79 Å². The molecule has 0 radical (unpaired) electrons. The van der Waals surface area contributed by atoms with E-state index in [0.29, 0.717) is 5.57 Å². The lowest BCUT2D eigenvalue weighted by atomic mass is 10.1. The summed E-state index contributed by atoms with van der Waals surface area (Å²) in [6.07, 6.45) is 1.88. The number of rotatable bonds is 2. The number of anilines is 1. The van der Waals surface area contributed by atoms with Crippen LogP contribution in [-0.2, 0) is 11.3 Å². The molecule has 0 saturated heterocycles. The first-order valence-corrected chi connectivity index (χ1v) is 7.35. The molecule has 0 aliphatic carbocycles. The van der Waals surface area contributed by atoms with E-state index >= 15 is 0 Å². The lowest BCUT2D eigenvalue weighted by molar-refractivity contribution is -0.110. The van der Waals surface area contributed by atoms with Crippen LogP contribution in [-0.4, -0.2) is 15.5 Å². The Hall–Kier alpha value is -2.88. The molecule has 1 aromatic heterocycles. The van der Waals surface area contributed by atoms with Gasteiger partial charge in [0.25, 0.3) is 5.91 Å². The molecule has 0 bridgehead atoms. The van der Waals surface area contributed by atoms with Gasteiger partial charge in [-0.25, -0.2) is 4.98 Å². The molecule has 4 rings (SSSR count).